The minimum Gasteiger partial charge on any atom is -0.480 e. The number of nitrogens with one attached hydrogen (secondary N) is 2. The number of halogens is 6. The van der Waals surface area contributed by atoms with Crippen molar-refractivity contribution >= 4 is 34.9 Å². The zero-order valence-corrected chi connectivity index (χ0v) is 18.9. The average molecular weight is 506 g/mol. The second-order valence-electron chi connectivity index (χ2n) is 7.63. The summed E-state index contributed by atoms with van der Waals surface area (Å²) < 4.78 is 73.1. The number of hydrogen-bond acceptors (Lipinski definition) is 3. The van der Waals surface area contributed by atoms with E-state index in [4.69, 9.17) is 16.3 Å². The highest BCUT2D eigenvalue weighted by molar-refractivity contribution is 6.34. The highest BCUT2D eigenvalue weighted by atomic mass is 35.5. The van der Waals surface area contributed by atoms with Crippen LogP contribution >= 0.6 is 11.6 Å². The number of urea groups is 1. The molecule has 1 saturated carbocycles. The van der Waals surface area contributed by atoms with Crippen molar-refractivity contribution in [2.45, 2.75) is 45.0 Å². The summed E-state index contributed by atoms with van der Waals surface area (Å²) in [4.78, 5) is 26.7. The molecule has 0 aromatic heterocycles. The van der Waals surface area contributed by atoms with Gasteiger partial charge in [0.1, 0.15) is 17.4 Å². The Bertz CT molecular complexity index is 1070. The zero-order chi connectivity index (χ0) is 25.2. The molecular formula is C22H21ClF5N3O3. The van der Waals surface area contributed by atoms with Crippen molar-refractivity contribution in [1.82, 2.24) is 4.90 Å². The minimum absolute atomic E-state index is 0.00426. The molecule has 3 rings (SSSR count). The van der Waals surface area contributed by atoms with Gasteiger partial charge < -0.3 is 20.3 Å². The third-order valence-electron chi connectivity index (χ3n) is 5.11. The van der Waals surface area contributed by atoms with E-state index in [1.54, 1.807) is 6.92 Å². The Morgan fingerprint density at radius 1 is 1.18 bits per heavy atom. The van der Waals surface area contributed by atoms with Crippen LogP contribution in [-0.2, 0) is 0 Å². The number of nitrogens with zero attached hydrogens (tertiary/aromatic N) is 1. The number of carbonyl (C=O) groups excluding carboxylic acids is 2. The molecule has 0 heterocycles. The highest BCUT2D eigenvalue weighted by Crippen LogP contribution is 2.34. The van der Waals surface area contributed by atoms with Crippen molar-refractivity contribution < 1.29 is 36.3 Å². The SMILES string of the molecule is CCN(C(=O)Nc1cc(O[C@@H](C)C(F)(F)F)c(C(=O)Nc2c(F)cccc2Cl)cc1F)C1CC1. The Morgan fingerprint density at radius 3 is 2.41 bits per heavy atom. The number of rotatable bonds is 7. The van der Waals surface area contributed by atoms with Gasteiger partial charge in [-0.3, -0.25) is 4.79 Å². The van der Waals surface area contributed by atoms with Crippen molar-refractivity contribution in [1.29, 1.82) is 0 Å². The van der Waals surface area contributed by atoms with Crippen LogP contribution in [0.3, 0.4) is 0 Å². The van der Waals surface area contributed by atoms with Gasteiger partial charge in [0.05, 0.1) is 22.0 Å². The zero-order valence-electron chi connectivity index (χ0n) is 18.1. The molecule has 6 nitrogen and oxygen atoms in total. The molecule has 2 aromatic rings. The lowest BCUT2D eigenvalue weighted by molar-refractivity contribution is -0.189. The smallest absolute Gasteiger partial charge is 0.425 e. The van der Waals surface area contributed by atoms with Crippen molar-refractivity contribution in [2.75, 3.05) is 17.2 Å². The van der Waals surface area contributed by atoms with Crippen LogP contribution in [-0.4, -0.2) is 41.7 Å². The van der Waals surface area contributed by atoms with Crippen molar-refractivity contribution in [3.05, 3.63) is 52.6 Å². The van der Waals surface area contributed by atoms with E-state index in [0.29, 0.717) is 19.5 Å². The van der Waals surface area contributed by atoms with Crippen LogP contribution in [0.5, 0.6) is 5.75 Å². The standard InChI is InChI=1S/C22H21ClF5N3O3/c1-3-31(12-7-8-12)21(33)29-17-10-18(34-11(2)22(26,27)28)13(9-16(17)25)20(32)30-19-14(23)5-4-6-15(19)24/h4-6,9-12H,3,7-8H2,1-2H3,(H,29,33)(H,30,32)/t11-/m0/s1. The Kier molecular flexibility index (Phi) is 7.54. The Hall–Kier alpha value is -3.08. The maximum absolute atomic E-state index is 14.8. The van der Waals surface area contributed by atoms with E-state index in [1.165, 1.54) is 17.0 Å². The molecule has 0 unspecified atom stereocenters. The van der Waals surface area contributed by atoms with Gasteiger partial charge in [-0.1, -0.05) is 17.7 Å². The maximum Gasteiger partial charge on any atom is 0.425 e. The van der Waals surface area contributed by atoms with Gasteiger partial charge in [-0.25, -0.2) is 13.6 Å². The van der Waals surface area contributed by atoms with Crippen molar-refractivity contribution in [3.63, 3.8) is 0 Å². The molecule has 1 fully saturated rings. The molecule has 1 aliphatic rings. The molecule has 0 bridgehead atoms. The van der Waals surface area contributed by atoms with E-state index >= 15 is 0 Å². The molecule has 1 atom stereocenters. The quantitative estimate of drug-likeness (QED) is 0.439. The van der Waals surface area contributed by atoms with E-state index in [2.05, 4.69) is 10.6 Å². The van der Waals surface area contributed by atoms with Crippen molar-refractivity contribution in [3.8, 4) is 5.75 Å². The predicted molar refractivity (Wildman–Crippen MR) is 116 cm³/mol. The number of para-hydroxylation sites is 1. The molecule has 1 aliphatic carbocycles. The van der Waals surface area contributed by atoms with Gasteiger partial charge in [0.25, 0.3) is 5.91 Å². The van der Waals surface area contributed by atoms with Gasteiger partial charge in [-0.15, -0.1) is 0 Å². The first-order valence-electron chi connectivity index (χ1n) is 10.3. The summed E-state index contributed by atoms with van der Waals surface area (Å²) in [6.45, 7) is 2.77. The van der Waals surface area contributed by atoms with Crippen LogP contribution in [0.2, 0.25) is 5.02 Å². The number of anilines is 2. The summed E-state index contributed by atoms with van der Waals surface area (Å²) in [6, 6.07) is 4.31. The van der Waals surface area contributed by atoms with Crippen LogP contribution in [0, 0.1) is 11.6 Å². The summed E-state index contributed by atoms with van der Waals surface area (Å²) in [7, 11) is 0. The number of benzene rings is 2. The highest BCUT2D eigenvalue weighted by Gasteiger charge is 2.39. The van der Waals surface area contributed by atoms with E-state index in [-0.39, 0.29) is 11.1 Å². The van der Waals surface area contributed by atoms with Crippen LogP contribution in [0.25, 0.3) is 0 Å². The molecule has 0 aliphatic heterocycles. The Morgan fingerprint density at radius 2 is 1.85 bits per heavy atom. The third kappa shape index (κ3) is 5.88. The third-order valence-corrected chi connectivity index (χ3v) is 5.43. The van der Waals surface area contributed by atoms with Gasteiger partial charge in [0, 0.05) is 18.7 Å². The molecule has 0 spiro atoms. The summed E-state index contributed by atoms with van der Waals surface area (Å²) in [5, 5.41) is 4.25. The lowest BCUT2D eigenvalue weighted by Gasteiger charge is -2.23. The predicted octanol–water partition coefficient (Wildman–Crippen LogP) is 6.22. The first-order valence-corrected chi connectivity index (χ1v) is 10.7. The molecule has 12 heteroatoms. The largest absolute Gasteiger partial charge is 0.480 e. The van der Waals surface area contributed by atoms with E-state index < -0.39 is 58.5 Å². The molecule has 0 saturated heterocycles. The van der Waals surface area contributed by atoms with Crippen molar-refractivity contribution in [2.24, 2.45) is 0 Å². The van der Waals surface area contributed by atoms with Gasteiger partial charge in [0.2, 0.25) is 0 Å². The van der Waals surface area contributed by atoms with Crippen LogP contribution < -0.4 is 15.4 Å². The molecule has 2 N–H and O–H groups in total. The van der Waals surface area contributed by atoms with E-state index in [1.807, 2.05) is 0 Å². The number of amides is 3. The van der Waals surface area contributed by atoms with Gasteiger partial charge in [-0.05, 0) is 44.9 Å². The first-order chi connectivity index (χ1) is 15.9. The number of ether oxygens (including phenoxy) is 1. The van der Waals surface area contributed by atoms with Gasteiger partial charge in [0.15, 0.2) is 6.10 Å². The minimum atomic E-state index is -4.80. The first kappa shape index (κ1) is 25.5. The second-order valence-corrected chi connectivity index (χ2v) is 8.04. The number of hydrogen-bond donors (Lipinski definition) is 2. The summed E-state index contributed by atoms with van der Waals surface area (Å²) in [6.07, 6.45) is -5.59. The molecule has 34 heavy (non-hydrogen) atoms. The second kappa shape index (κ2) is 10.0. The van der Waals surface area contributed by atoms with E-state index in [0.717, 1.165) is 25.0 Å². The Balaban J connectivity index is 1.96. The molecule has 3 amide bonds. The monoisotopic (exact) mass is 505 g/mol. The maximum atomic E-state index is 14.8. The topological polar surface area (TPSA) is 70.7 Å². The molecule has 184 valence electrons. The van der Waals surface area contributed by atoms with Gasteiger partial charge in [-0.2, -0.15) is 13.2 Å². The van der Waals surface area contributed by atoms with Crippen LogP contribution in [0.1, 0.15) is 37.0 Å². The fraction of sp³-hybridized carbons (Fsp3) is 0.364. The lowest BCUT2D eigenvalue weighted by atomic mass is 10.1. The summed E-state index contributed by atoms with van der Waals surface area (Å²) >= 11 is 5.87. The van der Waals surface area contributed by atoms with Gasteiger partial charge >= 0.3 is 12.2 Å². The normalized spacial score (nSPS) is 14.4. The summed E-state index contributed by atoms with van der Waals surface area (Å²) in [5.41, 5.74) is -1.57. The number of carbonyl (C=O) groups is 2. The Labute approximate surface area is 197 Å². The number of alkyl halides is 3. The summed E-state index contributed by atoms with van der Waals surface area (Å²) in [5.74, 6) is -3.84. The lowest BCUT2D eigenvalue weighted by Crippen LogP contribution is -2.36. The van der Waals surface area contributed by atoms with Crippen LogP contribution in [0.15, 0.2) is 30.3 Å². The average Bonchev–Trinajstić information content (AvgIpc) is 3.57. The molecular weight excluding hydrogens is 485 g/mol. The molecule has 2 aromatic carbocycles. The fourth-order valence-corrected chi connectivity index (χ4v) is 3.33. The van der Waals surface area contributed by atoms with E-state index in [9.17, 15) is 31.5 Å². The fourth-order valence-electron chi connectivity index (χ4n) is 3.12. The molecule has 0 radical (unpaired) electrons. The van der Waals surface area contributed by atoms with Crippen LogP contribution in [0.4, 0.5) is 38.1 Å².